The number of hydrogen-bond acceptors (Lipinski definition) is 2. The highest BCUT2D eigenvalue weighted by Gasteiger charge is 2.16. The second kappa shape index (κ2) is 13.4. The number of hydrogen-bond donors (Lipinski definition) is 2. The second-order valence-electron chi connectivity index (χ2n) is 6.53. The van der Waals surface area contributed by atoms with Crippen LogP contribution in [0.25, 0.3) is 0 Å². The predicted octanol–water partition coefficient (Wildman–Crippen LogP) is 3.47. The first-order valence-corrected chi connectivity index (χ1v) is 8.89. The van der Waals surface area contributed by atoms with E-state index in [2.05, 4.69) is 43.4 Å². The fourth-order valence-corrected chi connectivity index (χ4v) is 2.97. The maximum absolute atomic E-state index is 4.81. The molecular weight excluding hydrogens is 387 g/mol. The molecule has 4 nitrogen and oxygen atoms in total. The fraction of sp³-hybridized carbons (Fsp3) is 0.941. The van der Waals surface area contributed by atoms with Crippen molar-refractivity contribution < 1.29 is 0 Å². The van der Waals surface area contributed by atoms with Crippen LogP contribution in [0.2, 0.25) is 0 Å². The molecule has 1 saturated heterocycles. The van der Waals surface area contributed by atoms with Gasteiger partial charge in [-0.2, -0.15) is 0 Å². The van der Waals surface area contributed by atoms with E-state index in [0.29, 0.717) is 6.04 Å². The van der Waals surface area contributed by atoms with Crippen molar-refractivity contribution in [2.75, 3.05) is 33.2 Å². The first-order valence-electron chi connectivity index (χ1n) is 8.89. The van der Waals surface area contributed by atoms with Crippen molar-refractivity contribution in [3.8, 4) is 0 Å². The van der Waals surface area contributed by atoms with Gasteiger partial charge in [-0.1, -0.05) is 26.2 Å². The maximum atomic E-state index is 4.81. The summed E-state index contributed by atoms with van der Waals surface area (Å²) in [5.41, 5.74) is 0. The molecule has 0 aromatic heterocycles. The molecule has 0 aliphatic carbocycles. The smallest absolute Gasteiger partial charge is 0.191 e. The number of nitrogens with one attached hydrogen (secondary N) is 2. The largest absolute Gasteiger partial charge is 0.357 e. The van der Waals surface area contributed by atoms with Crippen molar-refractivity contribution in [2.45, 2.75) is 65.3 Å². The average Bonchev–Trinajstić information content (AvgIpc) is 2.45. The number of aliphatic imine (C=N–C) groups is 1. The minimum Gasteiger partial charge on any atom is -0.357 e. The Labute approximate surface area is 154 Å². The third kappa shape index (κ3) is 9.87. The monoisotopic (exact) mass is 424 g/mol. The van der Waals surface area contributed by atoms with Crippen molar-refractivity contribution in [1.82, 2.24) is 15.5 Å². The standard InChI is InChI=1S/C17H36N4.HI/c1-5-7-8-10-15(3)20-17(18-6-2)19-13-16-11-9-12-21(4)14-16;/h15-16H,5-14H2,1-4H3,(H2,18,19,20);1H. The lowest BCUT2D eigenvalue weighted by Gasteiger charge is -2.29. The van der Waals surface area contributed by atoms with Crippen molar-refractivity contribution in [3.05, 3.63) is 0 Å². The maximum Gasteiger partial charge on any atom is 0.191 e. The first-order chi connectivity index (χ1) is 10.2. The van der Waals surface area contributed by atoms with E-state index in [1.54, 1.807) is 0 Å². The lowest BCUT2D eigenvalue weighted by Crippen LogP contribution is -2.43. The van der Waals surface area contributed by atoms with Crippen molar-refractivity contribution >= 4 is 29.9 Å². The van der Waals surface area contributed by atoms with Crippen LogP contribution in [0.15, 0.2) is 4.99 Å². The van der Waals surface area contributed by atoms with E-state index in [1.807, 2.05) is 0 Å². The SMILES string of the molecule is CCCCCC(C)NC(=NCC1CCCN(C)C1)NCC.I. The van der Waals surface area contributed by atoms with Crippen LogP contribution in [0.3, 0.4) is 0 Å². The summed E-state index contributed by atoms with van der Waals surface area (Å²) in [6.07, 6.45) is 7.78. The second-order valence-corrected chi connectivity index (χ2v) is 6.53. The van der Waals surface area contributed by atoms with Crippen LogP contribution in [0.4, 0.5) is 0 Å². The summed E-state index contributed by atoms with van der Waals surface area (Å²) in [5.74, 6) is 1.71. The summed E-state index contributed by atoms with van der Waals surface area (Å²) in [4.78, 5) is 7.24. The molecule has 0 radical (unpaired) electrons. The highest BCUT2D eigenvalue weighted by Crippen LogP contribution is 2.15. The Bertz CT molecular complexity index is 296. The molecule has 0 bridgehead atoms. The van der Waals surface area contributed by atoms with Crippen molar-refractivity contribution in [2.24, 2.45) is 10.9 Å². The van der Waals surface area contributed by atoms with Gasteiger partial charge in [-0.15, -0.1) is 24.0 Å². The van der Waals surface area contributed by atoms with Crippen molar-refractivity contribution in [3.63, 3.8) is 0 Å². The Hall–Kier alpha value is -0.0400. The molecule has 132 valence electrons. The molecule has 1 fully saturated rings. The molecule has 1 rings (SSSR count). The molecule has 2 atom stereocenters. The molecule has 1 aliphatic heterocycles. The van der Waals surface area contributed by atoms with Gasteiger partial charge in [-0.3, -0.25) is 4.99 Å². The lowest BCUT2D eigenvalue weighted by molar-refractivity contribution is 0.214. The third-order valence-corrected chi connectivity index (χ3v) is 4.20. The summed E-state index contributed by atoms with van der Waals surface area (Å²) in [5, 5.41) is 6.93. The molecule has 1 heterocycles. The number of piperidine rings is 1. The van der Waals surface area contributed by atoms with E-state index in [9.17, 15) is 0 Å². The molecule has 0 saturated carbocycles. The van der Waals surface area contributed by atoms with Gasteiger partial charge in [0.15, 0.2) is 5.96 Å². The Balaban J connectivity index is 0.00000441. The van der Waals surface area contributed by atoms with Gasteiger partial charge in [0.25, 0.3) is 0 Å². The van der Waals surface area contributed by atoms with Crippen molar-refractivity contribution in [1.29, 1.82) is 0 Å². The predicted molar refractivity (Wildman–Crippen MR) is 108 cm³/mol. The quantitative estimate of drug-likeness (QED) is 0.271. The zero-order valence-electron chi connectivity index (χ0n) is 15.0. The van der Waals surface area contributed by atoms with Gasteiger partial charge in [0, 0.05) is 25.7 Å². The first kappa shape index (κ1) is 22.0. The summed E-state index contributed by atoms with van der Waals surface area (Å²) in [6.45, 7) is 11.0. The van der Waals surface area contributed by atoms with Gasteiger partial charge in [-0.05, 0) is 52.6 Å². The Morgan fingerprint density at radius 1 is 1.32 bits per heavy atom. The van der Waals surface area contributed by atoms with E-state index in [-0.39, 0.29) is 24.0 Å². The summed E-state index contributed by atoms with van der Waals surface area (Å²) in [7, 11) is 2.22. The van der Waals surface area contributed by atoms with Crippen LogP contribution in [-0.2, 0) is 0 Å². The van der Waals surface area contributed by atoms with Gasteiger partial charge < -0.3 is 15.5 Å². The highest BCUT2D eigenvalue weighted by molar-refractivity contribution is 14.0. The van der Waals surface area contributed by atoms with Gasteiger partial charge in [0.05, 0.1) is 0 Å². The minimum atomic E-state index is 0. The van der Waals surface area contributed by atoms with Gasteiger partial charge in [0.2, 0.25) is 0 Å². The molecule has 22 heavy (non-hydrogen) atoms. The minimum absolute atomic E-state index is 0. The number of halogens is 1. The average molecular weight is 424 g/mol. The summed E-state index contributed by atoms with van der Waals surface area (Å²) >= 11 is 0. The Morgan fingerprint density at radius 2 is 2.09 bits per heavy atom. The number of rotatable bonds is 8. The van der Waals surface area contributed by atoms with Crippen LogP contribution < -0.4 is 10.6 Å². The topological polar surface area (TPSA) is 39.7 Å². The molecule has 0 amide bonds. The molecule has 2 unspecified atom stereocenters. The van der Waals surface area contributed by atoms with Gasteiger partial charge >= 0.3 is 0 Å². The Morgan fingerprint density at radius 3 is 2.73 bits per heavy atom. The molecule has 0 spiro atoms. The number of guanidine groups is 1. The molecule has 0 aromatic carbocycles. The van der Waals surface area contributed by atoms with Gasteiger partial charge in [0.1, 0.15) is 0 Å². The van der Waals surface area contributed by atoms with Crippen LogP contribution in [0.5, 0.6) is 0 Å². The number of nitrogens with zero attached hydrogens (tertiary/aromatic N) is 2. The number of likely N-dealkylation sites (tertiary alicyclic amines) is 1. The van der Waals surface area contributed by atoms with Crippen LogP contribution in [-0.4, -0.2) is 50.1 Å². The highest BCUT2D eigenvalue weighted by atomic mass is 127. The number of unbranched alkanes of at least 4 members (excludes halogenated alkanes) is 2. The van der Waals surface area contributed by atoms with Gasteiger partial charge in [-0.25, -0.2) is 0 Å². The lowest BCUT2D eigenvalue weighted by atomic mass is 9.99. The zero-order valence-corrected chi connectivity index (χ0v) is 17.4. The van der Waals surface area contributed by atoms with E-state index < -0.39 is 0 Å². The van der Waals surface area contributed by atoms with E-state index in [4.69, 9.17) is 4.99 Å². The molecule has 2 N–H and O–H groups in total. The normalized spacial score (nSPS) is 21.1. The molecule has 0 aromatic rings. The molecular formula is C17H37IN4. The third-order valence-electron chi connectivity index (χ3n) is 4.20. The molecule has 1 aliphatic rings. The molecule has 5 heteroatoms. The van der Waals surface area contributed by atoms with Crippen LogP contribution in [0.1, 0.15) is 59.3 Å². The summed E-state index contributed by atoms with van der Waals surface area (Å²) in [6, 6.07) is 0.503. The van der Waals surface area contributed by atoms with E-state index in [1.165, 1.54) is 51.6 Å². The zero-order chi connectivity index (χ0) is 15.5. The van der Waals surface area contributed by atoms with Crippen LogP contribution >= 0.6 is 24.0 Å². The Kier molecular flexibility index (Phi) is 13.4. The van der Waals surface area contributed by atoms with Crippen LogP contribution in [0, 0.1) is 5.92 Å². The van der Waals surface area contributed by atoms with E-state index >= 15 is 0 Å². The fourth-order valence-electron chi connectivity index (χ4n) is 2.97. The summed E-state index contributed by atoms with van der Waals surface area (Å²) < 4.78 is 0. The van der Waals surface area contributed by atoms with E-state index in [0.717, 1.165) is 25.0 Å².